The Morgan fingerprint density at radius 3 is 2.44 bits per heavy atom. The van der Waals surface area contributed by atoms with Crippen LogP contribution in [0, 0.1) is 51.8 Å². The number of rotatable bonds is 3. The second-order valence-corrected chi connectivity index (χ2v) is 12.5. The van der Waals surface area contributed by atoms with Gasteiger partial charge in [0.2, 0.25) is 5.91 Å². The van der Waals surface area contributed by atoms with Crippen molar-refractivity contribution in [3.05, 3.63) is 23.4 Å². The lowest BCUT2D eigenvalue weighted by atomic mass is 9.33. The smallest absolute Gasteiger partial charge is 0.309 e. The largest absolute Gasteiger partial charge is 0.481 e. The number of fused-ring (bicyclic) bond motifs is 1. The molecule has 1 amide bonds. The van der Waals surface area contributed by atoms with Gasteiger partial charge in [0.1, 0.15) is 0 Å². The van der Waals surface area contributed by atoms with Crippen molar-refractivity contribution in [2.75, 3.05) is 0 Å². The standard InChI is InChI=1S/C28H37NO5/c1-14(2)17-13-28-10-7-20-26(4,8-6-9-27(20,5)25(33)34)21(28)11-16(17)22-19(31)12-18(29-15(3)30)24(32)23(22)28/h12-14,16,20-23H,6-11H2,1-5H3,(H,29,30)(H,33,34)/t16-,20+,21+,22-,23-,26-,27+,28-/m0/s1. The summed E-state index contributed by atoms with van der Waals surface area (Å²) < 4.78 is 0. The monoisotopic (exact) mass is 467 g/mol. The minimum atomic E-state index is -0.761. The van der Waals surface area contributed by atoms with Crippen LogP contribution in [0.4, 0.5) is 0 Å². The number of aliphatic carboxylic acids is 1. The summed E-state index contributed by atoms with van der Waals surface area (Å²) in [4.78, 5) is 51.6. The van der Waals surface area contributed by atoms with Gasteiger partial charge in [-0.25, -0.2) is 0 Å². The summed E-state index contributed by atoms with van der Waals surface area (Å²) in [6.07, 6.45) is 8.54. The number of carboxylic acids is 1. The third-order valence-electron chi connectivity index (χ3n) is 10.6. The Kier molecular flexibility index (Phi) is 5.10. The molecule has 6 heteroatoms. The summed E-state index contributed by atoms with van der Waals surface area (Å²) in [7, 11) is 0. The highest BCUT2D eigenvalue weighted by Crippen LogP contribution is 2.74. The highest BCUT2D eigenvalue weighted by atomic mass is 16.4. The first-order chi connectivity index (χ1) is 15.9. The van der Waals surface area contributed by atoms with Crippen molar-refractivity contribution in [3.8, 4) is 0 Å². The van der Waals surface area contributed by atoms with Crippen LogP contribution in [0.2, 0.25) is 0 Å². The lowest BCUT2D eigenvalue weighted by Crippen LogP contribution is -2.67. The van der Waals surface area contributed by atoms with E-state index in [1.54, 1.807) is 0 Å². The Balaban J connectivity index is 1.67. The van der Waals surface area contributed by atoms with Crippen LogP contribution in [-0.4, -0.2) is 28.5 Å². The molecular formula is C28H37NO5. The first-order valence-corrected chi connectivity index (χ1v) is 12.9. The van der Waals surface area contributed by atoms with Crippen LogP contribution in [0.3, 0.4) is 0 Å². The van der Waals surface area contributed by atoms with Crippen LogP contribution in [0.1, 0.15) is 73.1 Å². The molecular weight excluding hydrogens is 430 g/mol. The Labute approximate surface area is 201 Å². The Hall–Kier alpha value is -2.24. The molecule has 0 aromatic heterocycles. The fourth-order valence-electron chi connectivity index (χ4n) is 9.40. The lowest BCUT2D eigenvalue weighted by molar-refractivity contribution is -0.197. The van der Waals surface area contributed by atoms with Crippen molar-refractivity contribution in [3.63, 3.8) is 0 Å². The van der Waals surface area contributed by atoms with Crippen LogP contribution >= 0.6 is 0 Å². The van der Waals surface area contributed by atoms with E-state index < -0.39 is 22.7 Å². The van der Waals surface area contributed by atoms with Gasteiger partial charge in [0.15, 0.2) is 11.6 Å². The van der Waals surface area contributed by atoms with Crippen LogP contribution in [0.25, 0.3) is 0 Å². The minimum absolute atomic E-state index is 0.00274. The molecule has 2 N–H and O–H groups in total. The molecule has 0 aromatic rings. The van der Waals surface area contributed by atoms with Crippen LogP contribution in [-0.2, 0) is 19.2 Å². The number of carbonyl (C=O) groups is 4. The molecule has 0 saturated heterocycles. The van der Waals surface area contributed by atoms with Gasteiger partial charge in [0, 0.05) is 30.3 Å². The fourth-order valence-corrected chi connectivity index (χ4v) is 9.40. The van der Waals surface area contributed by atoms with Crippen molar-refractivity contribution in [2.45, 2.75) is 73.1 Å². The molecule has 0 radical (unpaired) electrons. The number of carbonyl (C=O) groups excluding carboxylic acids is 3. The molecule has 1 spiro atoms. The molecule has 3 fully saturated rings. The van der Waals surface area contributed by atoms with Gasteiger partial charge < -0.3 is 10.4 Å². The number of Topliss-reactive ketones (excluding diaryl/α,β-unsaturated/α-hetero) is 1. The van der Waals surface area contributed by atoms with E-state index in [2.05, 4.69) is 32.2 Å². The fraction of sp³-hybridized carbons (Fsp3) is 0.714. The predicted octanol–water partition coefficient (Wildman–Crippen LogP) is 4.30. The Bertz CT molecular complexity index is 1060. The molecule has 6 aliphatic carbocycles. The summed E-state index contributed by atoms with van der Waals surface area (Å²) in [5.41, 5.74) is -0.0155. The average molecular weight is 468 g/mol. The van der Waals surface area contributed by atoms with Gasteiger partial charge in [-0.1, -0.05) is 38.8 Å². The van der Waals surface area contributed by atoms with Crippen molar-refractivity contribution >= 4 is 23.4 Å². The zero-order valence-electron chi connectivity index (χ0n) is 20.9. The molecule has 6 aliphatic rings. The molecule has 0 aliphatic heterocycles. The predicted molar refractivity (Wildman–Crippen MR) is 126 cm³/mol. The lowest BCUT2D eigenvalue weighted by Gasteiger charge is -2.69. The number of ketones is 2. The van der Waals surface area contributed by atoms with Crippen molar-refractivity contribution in [2.24, 2.45) is 51.8 Å². The maximum atomic E-state index is 13.9. The summed E-state index contributed by atoms with van der Waals surface area (Å²) in [5.74, 6) is -1.59. The number of amides is 1. The molecule has 184 valence electrons. The van der Waals surface area contributed by atoms with Crippen LogP contribution in [0.15, 0.2) is 23.4 Å². The number of nitrogens with one attached hydrogen (secondary N) is 1. The zero-order valence-corrected chi connectivity index (χ0v) is 20.9. The second kappa shape index (κ2) is 7.38. The quantitative estimate of drug-likeness (QED) is 0.603. The van der Waals surface area contributed by atoms with Gasteiger partial charge in [-0.3, -0.25) is 19.2 Å². The third kappa shape index (κ3) is 2.86. The molecule has 6 nitrogen and oxygen atoms in total. The van der Waals surface area contributed by atoms with Gasteiger partial charge in [-0.2, -0.15) is 0 Å². The zero-order chi connectivity index (χ0) is 24.8. The second-order valence-electron chi connectivity index (χ2n) is 12.5. The number of hydrogen-bond donors (Lipinski definition) is 2. The molecule has 8 atom stereocenters. The molecule has 34 heavy (non-hydrogen) atoms. The van der Waals surface area contributed by atoms with E-state index in [9.17, 15) is 24.3 Å². The number of carboxylic acid groups (broad SMARTS) is 1. The third-order valence-corrected chi connectivity index (χ3v) is 10.6. The summed E-state index contributed by atoms with van der Waals surface area (Å²) in [6.45, 7) is 9.87. The van der Waals surface area contributed by atoms with E-state index in [1.165, 1.54) is 18.6 Å². The van der Waals surface area contributed by atoms with Crippen LogP contribution in [0.5, 0.6) is 0 Å². The number of allylic oxidation sites excluding steroid dienone is 4. The first kappa shape index (κ1) is 23.5. The summed E-state index contributed by atoms with van der Waals surface area (Å²) in [5, 5.41) is 12.8. The minimum Gasteiger partial charge on any atom is -0.481 e. The molecule has 0 aromatic carbocycles. The maximum Gasteiger partial charge on any atom is 0.309 e. The van der Waals surface area contributed by atoms with E-state index in [4.69, 9.17) is 0 Å². The van der Waals surface area contributed by atoms with Crippen molar-refractivity contribution in [1.29, 1.82) is 0 Å². The average Bonchev–Trinajstić information content (AvgIpc) is 2.75. The highest BCUT2D eigenvalue weighted by Gasteiger charge is 2.71. The molecule has 2 bridgehead atoms. The molecule has 6 rings (SSSR count). The molecule has 0 heterocycles. The Morgan fingerprint density at radius 2 is 1.82 bits per heavy atom. The maximum absolute atomic E-state index is 13.9. The highest BCUT2D eigenvalue weighted by molar-refractivity contribution is 6.13. The van der Waals surface area contributed by atoms with Crippen molar-refractivity contribution in [1.82, 2.24) is 5.32 Å². The first-order valence-electron chi connectivity index (χ1n) is 12.9. The normalized spacial score (nSPS) is 45.1. The van der Waals surface area contributed by atoms with Crippen LogP contribution < -0.4 is 5.32 Å². The van der Waals surface area contributed by atoms with E-state index in [0.29, 0.717) is 6.42 Å². The molecule has 3 saturated carbocycles. The van der Waals surface area contributed by atoms with E-state index in [0.717, 1.165) is 32.1 Å². The van der Waals surface area contributed by atoms with E-state index in [1.807, 2.05) is 6.92 Å². The van der Waals surface area contributed by atoms with Gasteiger partial charge in [0.05, 0.1) is 11.1 Å². The van der Waals surface area contributed by atoms with Gasteiger partial charge in [-0.05, 0) is 68.1 Å². The summed E-state index contributed by atoms with van der Waals surface area (Å²) in [6, 6.07) is 0. The topological polar surface area (TPSA) is 101 Å². The van der Waals surface area contributed by atoms with Gasteiger partial charge in [-0.15, -0.1) is 0 Å². The van der Waals surface area contributed by atoms with Gasteiger partial charge >= 0.3 is 5.97 Å². The number of hydrogen-bond acceptors (Lipinski definition) is 4. The summed E-state index contributed by atoms with van der Waals surface area (Å²) >= 11 is 0. The van der Waals surface area contributed by atoms with Crippen molar-refractivity contribution < 1.29 is 24.3 Å². The van der Waals surface area contributed by atoms with Gasteiger partial charge in [0.25, 0.3) is 0 Å². The van der Waals surface area contributed by atoms with E-state index in [-0.39, 0.29) is 58.2 Å². The SMILES string of the molecule is CC(=O)NC1=CC(=O)[C@H]2[C@@H](C1=O)[C@@]13C=C(C(C)C)[C@@H]2C[C@@H]1[C@@]1(C)CCC[C@@](C)(C(=O)O)[C@@H]1CC3. The molecule has 0 unspecified atom stereocenters. The Morgan fingerprint density at radius 1 is 1.12 bits per heavy atom. The van der Waals surface area contributed by atoms with E-state index >= 15 is 0 Å².